The van der Waals surface area contributed by atoms with Gasteiger partial charge in [-0.3, -0.25) is 0 Å². The largest absolute Gasteiger partial charge is 0.474 e. The Bertz CT molecular complexity index is 394. The van der Waals surface area contributed by atoms with Gasteiger partial charge in [0, 0.05) is 16.2 Å². The lowest BCUT2D eigenvalue weighted by atomic mass is 9.80. The molecule has 0 aromatic carbocycles. The van der Waals surface area contributed by atoms with Crippen molar-refractivity contribution in [2.24, 2.45) is 11.8 Å². The monoisotopic (exact) mass is 297 g/mol. The van der Waals surface area contributed by atoms with Gasteiger partial charge in [-0.2, -0.15) is 0 Å². The van der Waals surface area contributed by atoms with Crippen LogP contribution in [0.1, 0.15) is 38.7 Å². The zero-order valence-electron chi connectivity index (χ0n) is 10.7. The summed E-state index contributed by atoms with van der Waals surface area (Å²) in [6.45, 7) is 6.70. The summed E-state index contributed by atoms with van der Waals surface area (Å²) in [4.78, 5) is 4.35. The van der Waals surface area contributed by atoms with E-state index in [1.165, 1.54) is 6.42 Å². The molecule has 1 aliphatic carbocycles. The van der Waals surface area contributed by atoms with Gasteiger partial charge in [-0.1, -0.05) is 13.8 Å². The Balaban J connectivity index is 2.01. The Hall–Kier alpha value is -0.570. The quantitative estimate of drug-likeness (QED) is 0.809. The zero-order chi connectivity index (χ0) is 12.4. The molecule has 1 fully saturated rings. The van der Waals surface area contributed by atoms with Gasteiger partial charge in [0.25, 0.3) is 0 Å². The van der Waals surface area contributed by atoms with Crippen LogP contribution in [0.2, 0.25) is 0 Å². The summed E-state index contributed by atoms with van der Waals surface area (Å²) in [6.07, 6.45) is 5.72. The molecule has 0 amide bonds. The molecule has 94 valence electrons. The molecule has 1 aliphatic rings. The van der Waals surface area contributed by atoms with E-state index < -0.39 is 0 Å². The van der Waals surface area contributed by atoms with Gasteiger partial charge in [-0.05, 0) is 60.0 Å². The summed E-state index contributed by atoms with van der Waals surface area (Å²) in [6, 6.07) is 2.05. The molecule has 1 heterocycles. The van der Waals surface area contributed by atoms with Gasteiger partial charge < -0.3 is 4.74 Å². The highest BCUT2D eigenvalue weighted by Gasteiger charge is 2.26. The van der Waals surface area contributed by atoms with E-state index in [2.05, 4.69) is 40.8 Å². The number of aromatic nitrogens is 1. The van der Waals surface area contributed by atoms with Gasteiger partial charge in [0.15, 0.2) is 0 Å². The van der Waals surface area contributed by atoms with E-state index in [0.717, 1.165) is 40.6 Å². The molecule has 3 atom stereocenters. The van der Waals surface area contributed by atoms with Crippen molar-refractivity contribution in [2.75, 3.05) is 0 Å². The molecular weight excluding hydrogens is 278 g/mol. The van der Waals surface area contributed by atoms with Crippen LogP contribution in [0.5, 0.6) is 5.88 Å². The third-order valence-electron chi connectivity index (χ3n) is 3.83. The molecular formula is C14H20BrNO. The summed E-state index contributed by atoms with van der Waals surface area (Å²) in [5, 5.41) is 0. The molecule has 0 radical (unpaired) electrons. The van der Waals surface area contributed by atoms with Crippen LogP contribution in [-0.4, -0.2) is 11.1 Å². The second kappa shape index (κ2) is 5.38. The van der Waals surface area contributed by atoms with Crippen molar-refractivity contribution in [3.8, 4) is 5.88 Å². The Morgan fingerprint density at radius 1 is 1.29 bits per heavy atom. The highest BCUT2D eigenvalue weighted by atomic mass is 79.9. The molecule has 1 aromatic heterocycles. The van der Waals surface area contributed by atoms with Crippen molar-refractivity contribution >= 4 is 15.9 Å². The molecule has 1 aromatic rings. The molecule has 2 rings (SSSR count). The summed E-state index contributed by atoms with van der Waals surface area (Å²) < 4.78 is 7.04. The third kappa shape index (κ3) is 3.21. The van der Waals surface area contributed by atoms with Crippen LogP contribution in [-0.2, 0) is 0 Å². The second-order valence-electron chi connectivity index (χ2n) is 5.28. The van der Waals surface area contributed by atoms with E-state index in [0.29, 0.717) is 6.10 Å². The maximum Gasteiger partial charge on any atom is 0.216 e. The normalized spacial score (nSPS) is 29.1. The maximum absolute atomic E-state index is 6.03. The van der Waals surface area contributed by atoms with Crippen molar-refractivity contribution < 1.29 is 4.74 Å². The predicted molar refractivity (Wildman–Crippen MR) is 73.3 cm³/mol. The topological polar surface area (TPSA) is 22.1 Å². The van der Waals surface area contributed by atoms with Crippen LogP contribution in [0.3, 0.4) is 0 Å². The minimum Gasteiger partial charge on any atom is -0.474 e. The van der Waals surface area contributed by atoms with Crippen LogP contribution < -0.4 is 4.74 Å². The van der Waals surface area contributed by atoms with Gasteiger partial charge in [0.05, 0.1) is 0 Å². The number of pyridine rings is 1. The predicted octanol–water partition coefficient (Wildman–Crippen LogP) is 4.36. The van der Waals surface area contributed by atoms with Gasteiger partial charge in [-0.15, -0.1) is 0 Å². The van der Waals surface area contributed by atoms with Crippen molar-refractivity contribution in [3.05, 3.63) is 22.3 Å². The van der Waals surface area contributed by atoms with Crippen LogP contribution in [0.4, 0.5) is 0 Å². The third-order valence-corrected chi connectivity index (χ3v) is 4.26. The summed E-state index contributed by atoms with van der Waals surface area (Å²) in [7, 11) is 0. The van der Waals surface area contributed by atoms with Crippen molar-refractivity contribution in [2.45, 2.75) is 46.1 Å². The molecule has 0 bridgehead atoms. The minimum absolute atomic E-state index is 0.341. The maximum atomic E-state index is 6.03. The first kappa shape index (κ1) is 12.9. The molecule has 0 aliphatic heterocycles. The molecule has 3 heteroatoms. The standard InChI is InChI=1S/C14H20BrNO/c1-9-4-5-13(7-10(9)2)17-14-11(3)6-12(15)8-16-14/h6,8-10,13H,4-5,7H2,1-3H3. The molecule has 0 saturated heterocycles. The van der Waals surface area contributed by atoms with E-state index in [4.69, 9.17) is 4.74 Å². The van der Waals surface area contributed by atoms with Crippen molar-refractivity contribution in [3.63, 3.8) is 0 Å². The van der Waals surface area contributed by atoms with Crippen LogP contribution in [0.25, 0.3) is 0 Å². The first-order valence-corrected chi connectivity index (χ1v) is 7.14. The number of nitrogens with zero attached hydrogens (tertiary/aromatic N) is 1. The molecule has 17 heavy (non-hydrogen) atoms. The number of rotatable bonds is 2. The fraction of sp³-hybridized carbons (Fsp3) is 0.643. The Kier molecular flexibility index (Phi) is 4.08. The smallest absolute Gasteiger partial charge is 0.216 e. The summed E-state index contributed by atoms with van der Waals surface area (Å²) >= 11 is 3.42. The van der Waals surface area contributed by atoms with Crippen LogP contribution >= 0.6 is 15.9 Å². The van der Waals surface area contributed by atoms with Gasteiger partial charge >= 0.3 is 0 Å². The Morgan fingerprint density at radius 2 is 2.06 bits per heavy atom. The van der Waals surface area contributed by atoms with Gasteiger partial charge in [0.1, 0.15) is 6.10 Å². The number of hydrogen-bond acceptors (Lipinski definition) is 2. The molecule has 1 saturated carbocycles. The molecule has 3 unspecified atom stereocenters. The SMILES string of the molecule is Cc1cc(Br)cnc1OC1CCC(C)C(C)C1. The van der Waals surface area contributed by atoms with Gasteiger partial charge in [0.2, 0.25) is 5.88 Å². The first-order valence-electron chi connectivity index (χ1n) is 6.35. The van der Waals surface area contributed by atoms with Crippen LogP contribution in [0.15, 0.2) is 16.7 Å². The van der Waals surface area contributed by atoms with Gasteiger partial charge in [-0.25, -0.2) is 4.98 Å². The number of halogens is 1. The van der Waals surface area contributed by atoms with E-state index >= 15 is 0 Å². The second-order valence-corrected chi connectivity index (χ2v) is 6.20. The highest BCUT2D eigenvalue weighted by molar-refractivity contribution is 9.10. The zero-order valence-corrected chi connectivity index (χ0v) is 12.3. The van der Waals surface area contributed by atoms with E-state index in [9.17, 15) is 0 Å². The Morgan fingerprint density at radius 3 is 2.71 bits per heavy atom. The number of aryl methyl sites for hydroxylation is 1. The lowest BCUT2D eigenvalue weighted by molar-refractivity contribution is 0.0957. The summed E-state index contributed by atoms with van der Waals surface area (Å²) in [5.41, 5.74) is 1.10. The fourth-order valence-corrected chi connectivity index (χ4v) is 2.86. The number of ether oxygens (including phenoxy) is 1. The first-order chi connectivity index (χ1) is 8.06. The fourth-order valence-electron chi connectivity index (χ4n) is 2.41. The van der Waals surface area contributed by atoms with E-state index in [1.54, 1.807) is 6.20 Å². The summed E-state index contributed by atoms with van der Waals surface area (Å²) in [5.74, 6) is 2.37. The minimum atomic E-state index is 0.341. The highest BCUT2D eigenvalue weighted by Crippen LogP contribution is 2.32. The number of hydrogen-bond donors (Lipinski definition) is 0. The van der Waals surface area contributed by atoms with Crippen LogP contribution in [0, 0.1) is 18.8 Å². The average Bonchev–Trinajstić information content (AvgIpc) is 2.27. The Labute approximate surface area is 112 Å². The van der Waals surface area contributed by atoms with Crippen molar-refractivity contribution in [1.82, 2.24) is 4.98 Å². The molecule has 0 spiro atoms. The average molecular weight is 298 g/mol. The molecule has 0 N–H and O–H groups in total. The van der Waals surface area contributed by atoms with E-state index in [1.807, 2.05) is 6.92 Å². The molecule has 2 nitrogen and oxygen atoms in total. The van der Waals surface area contributed by atoms with E-state index in [-0.39, 0.29) is 0 Å². The lowest BCUT2D eigenvalue weighted by Gasteiger charge is -2.32. The van der Waals surface area contributed by atoms with Crippen molar-refractivity contribution in [1.29, 1.82) is 0 Å². The lowest BCUT2D eigenvalue weighted by Crippen LogP contribution is -2.29.